The lowest BCUT2D eigenvalue weighted by Crippen LogP contribution is -2.18. The minimum atomic E-state index is -0.0278. The molecule has 0 aliphatic heterocycles. The fraction of sp³-hybridized carbons (Fsp3) is 0.214. The van der Waals surface area contributed by atoms with Gasteiger partial charge in [0.1, 0.15) is 5.82 Å². The van der Waals surface area contributed by atoms with Gasteiger partial charge in [-0.05, 0) is 29.8 Å². The maximum absolute atomic E-state index is 9.08. The molecule has 2 rings (SSSR count). The number of halogens is 1. The van der Waals surface area contributed by atoms with Crippen molar-refractivity contribution in [3.8, 4) is 0 Å². The molecule has 4 heteroatoms. The minimum Gasteiger partial charge on any atom is -0.390 e. The van der Waals surface area contributed by atoms with E-state index in [0.29, 0.717) is 5.69 Å². The van der Waals surface area contributed by atoms with Crippen LogP contribution in [0.3, 0.4) is 0 Å². The molecule has 0 aliphatic rings. The van der Waals surface area contributed by atoms with E-state index in [2.05, 4.69) is 37.9 Å². The quantitative estimate of drug-likeness (QED) is 0.943. The third-order valence-electron chi connectivity index (χ3n) is 2.68. The molecule has 2 aromatic rings. The molecular formula is C14H15BrN2O. The maximum Gasteiger partial charge on any atom is 0.128 e. The second-order valence-electron chi connectivity index (χ2n) is 4.13. The second-order valence-corrected chi connectivity index (χ2v) is 5.04. The van der Waals surface area contributed by atoms with Gasteiger partial charge in [-0.1, -0.05) is 34.1 Å². The molecule has 0 unspecified atom stereocenters. The lowest BCUT2D eigenvalue weighted by Gasteiger charge is -2.18. The molecule has 1 aromatic carbocycles. The zero-order chi connectivity index (χ0) is 13.0. The first-order valence-corrected chi connectivity index (χ1v) is 6.50. The molecule has 0 fully saturated rings. The maximum atomic E-state index is 9.08. The van der Waals surface area contributed by atoms with E-state index in [9.17, 15) is 0 Å². The van der Waals surface area contributed by atoms with E-state index in [1.165, 1.54) is 5.56 Å². The van der Waals surface area contributed by atoms with Gasteiger partial charge in [0.2, 0.25) is 0 Å². The molecule has 0 atom stereocenters. The molecule has 18 heavy (non-hydrogen) atoms. The molecule has 0 aliphatic carbocycles. The van der Waals surface area contributed by atoms with Gasteiger partial charge in [-0.15, -0.1) is 0 Å². The zero-order valence-electron chi connectivity index (χ0n) is 10.2. The molecule has 0 saturated carbocycles. The summed E-state index contributed by atoms with van der Waals surface area (Å²) in [5.41, 5.74) is 1.91. The van der Waals surface area contributed by atoms with Gasteiger partial charge in [0.05, 0.1) is 12.3 Å². The van der Waals surface area contributed by atoms with Crippen LogP contribution < -0.4 is 4.90 Å². The highest BCUT2D eigenvalue weighted by atomic mass is 79.9. The first-order valence-electron chi connectivity index (χ1n) is 5.71. The van der Waals surface area contributed by atoms with Gasteiger partial charge in [0.25, 0.3) is 0 Å². The second kappa shape index (κ2) is 5.98. The van der Waals surface area contributed by atoms with Gasteiger partial charge in [-0.3, -0.25) is 0 Å². The van der Waals surface area contributed by atoms with Crippen LogP contribution >= 0.6 is 15.9 Å². The largest absolute Gasteiger partial charge is 0.390 e. The Morgan fingerprint density at radius 3 is 2.56 bits per heavy atom. The van der Waals surface area contributed by atoms with Crippen LogP contribution in [-0.4, -0.2) is 17.1 Å². The highest BCUT2D eigenvalue weighted by molar-refractivity contribution is 9.10. The molecule has 0 radical (unpaired) electrons. The molecule has 1 N–H and O–H groups in total. The number of hydrogen-bond acceptors (Lipinski definition) is 3. The normalized spacial score (nSPS) is 10.4. The topological polar surface area (TPSA) is 36.4 Å². The van der Waals surface area contributed by atoms with Crippen LogP contribution in [0.15, 0.2) is 46.9 Å². The summed E-state index contributed by atoms with van der Waals surface area (Å²) in [6.45, 7) is 0.759. The fourth-order valence-electron chi connectivity index (χ4n) is 1.71. The summed E-state index contributed by atoms with van der Waals surface area (Å²) in [5.74, 6) is 0.865. The summed E-state index contributed by atoms with van der Waals surface area (Å²) in [4.78, 5) is 6.43. The van der Waals surface area contributed by atoms with E-state index in [1.807, 2.05) is 37.4 Å². The summed E-state index contributed by atoms with van der Waals surface area (Å²) in [6.07, 6.45) is 0. The van der Waals surface area contributed by atoms with E-state index in [-0.39, 0.29) is 6.61 Å². The number of aliphatic hydroxyl groups is 1. The van der Waals surface area contributed by atoms with Gasteiger partial charge in [0.15, 0.2) is 0 Å². The number of aromatic nitrogens is 1. The average Bonchev–Trinajstić information content (AvgIpc) is 2.41. The number of benzene rings is 1. The Labute approximate surface area is 115 Å². The van der Waals surface area contributed by atoms with Crippen LogP contribution in [0.4, 0.5) is 5.82 Å². The molecular weight excluding hydrogens is 292 g/mol. The van der Waals surface area contributed by atoms with Crippen molar-refractivity contribution in [3.05, 3.63) is 58.2 Å². The van der Waals surface area contributed by atoms with Crippen molar-refractivity contribution < 1.29 is 5.11 Å². The third kappa shape index (κ3) is 3.31. The Morgan fingerprint density at radius 2 is 1.89 bits per heavy atom. The number of hydrogen-bond donors (Lipinski definition) is 1. The van der Waals surface area contributed by atoms with Crippen LogP contribution in [0.25, 0.3) is 0 Å². The number of anilines is 1. The number of rotatable bonds is 4. The summed E-state index contributed by atoms with van der Waals surface area (Å²) in [5, 5.41) is 9.08. The lowest BCUT2D eigenvalue weighted by atomic mass is 10.2. The zero-order valence-corrected chi connectivity index (χ0v) is 11.8. The Morgan fingerprint density at radius 1 is 1.17 bits per heavy atom. The number of nitrogens with zero attached hydrogens (tertiary/aromatic N) is 2. The fourth-order valence-corrected chi connectivity index (χ4v) is 1.98. The van der Waals surface area contributed by atoms with E-state index >= 15 is 0 Å². The Kier molecular flexibility index (Phi) is 4.33. The van der Waals surface area contributed by atoms with Crippen molar-refractivity contribution in [2.24, 2.45) is 0 Å². The molecule has 1 aromatic heterocycles. The summed E-state index contributed by atoms with van der Waals surface area (Å²) in [6, 6.07) is 13.9. The van der Waals surface area contributed by atoms with Crippen LogP contribution in [-0.2, 0) is 13.2 Å². The predicted molar refractivity (Wildman–Crippen MR) is 76.4 cm³/mol. The van der Waals surface area contributed by atoms with Crippen LogP contribution in [0.5, 0.6) is 0 Å². The summed E-state index contributed by atoms with van der Waals surface area (Å²) in [7, 11) is 1.99. The van der Waals surface area contributed by atoms with Gasteiger partial charge < -0.3 is 10.0 Å². The van der Waals surface area contributed by atoms with E-state index in [4.69, 9.17) is 5.11 Å². The van der Waals surface area contributed by atoms with Crippen LogP contribution in [0, 0.1) is 0 Å². The SMILES string of the molecule is CN(Cc1ccc(Br)cc1)c1cccc(CO)n1. The Balaban J connectivity index is 2.11. The highest BCUT2D eigenvalue weighted by Crippen LogP contribution is 2.15. The molecule has 94 valence electrons. The van der Waals surface area contributed by atoms with Gasteiger partial charge in [-0.2, -0.15) is 0 Å². The van der Waals surface area contributed by atoms with Gasteiger partial charge in [-0.25, -0.2) is 4.98 Å². The summed E-state index contributed by atoms with van der Waals surface area (Å²) >= 11 is 3.42. The van der Waals surface area contributed by atoms with Crippen molar-refractivity contribution in [2.75, 3.05) is 11.9 Å². The third-order valence-corrected chi connectivity index (χ3v) is 3.21. The van der Waals surface area contributed by atoms with Crippen molar-refractivity contribution in [3.63, 3.8) is 0 Å². The van der Waals surface area contributed by atoms with Crippen molar-refractivity contribution >= 4 is 21.7 Å². The van der Waals surface area contributed by atoms with E-state index < -0.39 is 0 Å². The standard InChI is InChI=1S/C14H15BrN2O/c1-17(9-11-5-7-12(15)8-6-11)14-4-2-3-13(10-18)16-14/h2-8,18H,9-10H2,1H3. The van der Waals surface area contributed by atoms with Crippen molar-refractivity contribution in [1.29, 1.82) is 0 Å². The smallest absolute Gasteiger partial charge is 0.128 e. The molecule has 0 saturated heterocycles. The average molecular weight is 307 g/mol. The monoisotopic (exact) mass is 306 g/mol. The van der Waals surface area contributed by atoms with Crippen LogP contribution in [0.1, 0.15) is 11.3 Å². The number of pyridine rings is 1. The van der Waals surface area contributed by atoms with Crippen molar-refractivity contribution in [2.45, 2.75) is 13.2 Å². The predicted octanol–water partition coefficient (Wildman–Crippen LogP) is 2.97. The van der Waals surface area contributed by atoms with Gasteiger partial charge >= 0.3 is 0 Å². The van der Waals surface area contributed by atoms with E-state index in [1.54, 1.807) is 0 Å². The molecule has 0 amide bonds. The van der Waals surface area contributed by atoms with Crippen molar-refractivity contribution in [1.82, 2.24) is 4.98 Å². The number of aliphatic hydroxyl groups excluding tert-OH is 1. The minimum absolute atomic E-state index is 0.0278. The van der Waals surface area contributed by atoms with Gasteiger partial charge in [0, 0.05) is 18.1 Å². The lowest BCUT2D eigenvalue weighted by molar-refractivity contribution is 0.277. The first-order chi connectivity index (χ1) is 8.69. The molecule has 0 bridgehead atoms. The molecule has 0 spiro atoms. The molecule has 1 heterocycles. The highest BCUT2D eigenvalue weighted by Gasteiger charge is 2.04. The van der Waals surface area contributed by atoms with Crippen LogP contribution in [0.2, 0.25) is 0 Å². The molecule has 3 nitrogen and oxygen atoms in total. The first kappa shape index (κ1) is 13.1. The Bertz CT molecular complexity index is 513. The Hall–Kier alpha value is -1.39. The summed E-state index contributed by atoms with van der Waals surface area (Å²) < 4.78 is 1.08. The van der Waals surface area contributed by atoms with E-state index in [0.717, 1.165) is 16.8 Å².